The summed E-state index contributed by atoms with van der Waals surface area (Å²) in [6.45, 7) is 6.69. The Morgan fingerprint density at radius 2 is 1.67 bits per heavy atom. The smallest absolute Gasteiger partial charge is 0.0953 e. The number of hydrogen-bond donors (Lipinski definition) is 1. The zero-order chi connectivity index (χ0) is 13.2. The Labute approximate surface area is 109 Å². The van der Waals surface area contributed by atoms with Crippen LogP contribution in [0.3, 0.4) is 0 Å². The highest BCUT2D eigenvalue weighted by Gasteiger charge is 2.16. The summed E-state index contributed by atoms with van der Waals surface area (Å²) in [7, 11) is 1.97. The van der Waals surface area contributed by atoms with E-state index < -0.39 is 0 Å². The van der Waals surface area contributed by atoms with Gasteiger partial charge in [-0.15, -0.1) is 0 Å². The summed E-state index contributed by atoms with van der Waals surface area (Å²) in [6.07, 6.45) is 3.50. The number of hydrogen-bond acceptors (Lipinski definition) is 2. The largest absolute Gasteiger partial charge is 0.472 e. The van der Waals surface area contributed by atoms with E-state index in [9.17, 15) is 0 Å². The van der Waals surface area contributed by atoms with E-state index in [0.717, 1.165) is 5.56 Å². The second-order valence-corrected chi connectivity index (χ2v) is 5.65. The number of furan rings is 1. The molecule has 96 valence electrons. The number of benzene rings is 1. The molecule has 0 fully saturated rings. The molecule has 0 radical (unpaired) electrons. The van der Waals surface area contributed by atoms with Crippen molar-refractivity contribution < 1.29 is 4.42 Å². The predicted molar refractivity (Wildman–Crippen MR) is 74.8 cm³/mol. The van der Waals surface area contributed by atoms with Crippen molar-refractivity contribution in [2.24, 2.45) is 0 Å². The second kappa shape index (κ2) is 4.99. The molecule has 2 nitrogen and oxygen atoms in total. The Hall–Kier alpha value is -1.54. The van der Waals surface area contributed by atoms with Gasteiger partial charge in [0.2, 0.25) is 0 Å². The van der Waals surface area contributed by atoms with Gasteiger partial charge in [0.25, 0.3) is 0 Å². The molecule has 2 aromatic rings. The summed E-state index contributed by atoms with van der Waals surface area (Å²) >= 11 is 0. The highest BCUT2D eigenvalue weighted by molar-refractivity contribution is 5.34. The van der Waals surface area contributed by atoms with Crippen LogP contribution in [-0.2, 0) is 5.41 Å². The van der Waals surface area contributed by atoms with Crippen molar-refractivity contribution in [1.29, 1.82) is 0 Å². The lowest BCUT2D eigenvalue weighted by Gasteiger charge is -2.21. The predicted octanol–water partition coefficient (Wildman–Crippen LogP) is 3.89. The first-order valence-corrected chi connectivity index (χ1v) is 6.32. The maximum atomic E-state index is 5.16. The van der Waals surface area contributed by atoms with Crippen molar-refractivity contribution >= 4 is 0 Å². The average molecular weight is 243 g/mol. The van der Waals surface area contributed by atoms with Crippen LogP contribution in [0.5, 0.6) is 0 Å². The summed E-state index contributed by atoms with van der Waals surface area (Å²) in [5.74, 6) is 0. The van der Waals surface area contributed by atoms with Gasteiger partial charge >= 0.3 is 0 Å². The monoisotopic (exact) mass is 243 g/mol. The molecule has 1 aromatic heterocycles. The Morgan fingerprint density at radius 3 is 2.11 bits per heavy atom. The molecule has 1 atom stereocenters. The molecule has 0 saturated carbocycles. The number of rotatable bonds is 3. The average Bonchev–Trinajstić information content (AvgIpc) is 2.83. The van der Waals surface area contributed by atoms with Gasteiger partial charge in [-0.05, 0) is 29.7 Å². The summed E-state index contributed by atoms with van der Waals surface area (Å²) in [5.41, 5.74) is 3.96. The highest BCUT2D eigenvalue weighted by Crippen LogP contribution is 2.26. The van der Waals surface area contributed by atoms with E-state index in [1.165, 1.54) is 11.1 Å². The normalized spacial score (nSPS) is 13.6. The first-order valence-electron chi connectivity index (χ1n) is 6.32. The minimum absolute atomic E-state index is 0.192. The fraction of sp³-hybridized carbons (Fsp3) is 0.375. The lowest BCUT2D eigenvalue weighted by atomic mass is 9.86. The van der Waals surface area contributed by atoms with Crippen LogP contribution in [-0.4, -0.2) is 7.05 Å². The van der Waals surface area contributed by atoms with Crippen molar-refractivity contribution in [1.82, 2.24) is 5.32 Å². The van der Waals surface area contributed by atoms with Gasteiger partial charge < -0.3 is 9.73 Å². The van der Waals surface area contributed by atoms with Gasteiger partial charge in [-0.1, -0.05) is 45.0 Å². The van der Waals surface area contributed by atoms with E-state index in [0.29, 0.717) is 0 Å². The number of nitrogens with one attached hydrogen (secondary N) is 1. The topological polar surface area (TPSA) is 25.2 Å². The van der Waals surface area contributed by atoms with Gasteiger partial charge in [0.15, 0.2) is 0 Å². The van der Waals surface area contributed by atoms with Gasteiger partial charge in [-0.2, -0.15) is 0 Å². The molecule has 0 aliphatic carbocycles. The minimum Gasteiger partial charge on any atom is -0.472 e. The van der Waals surface area contributed by atoms with Crippen molar-refractivity contribution in [3.05, 3.63) is 59.5 Å². The van der Waals surface area contributed by atoms with Crippen molar-refractivity contribution in [2.75, 3.05) is 7.05 Å². The zero-order valence-electron chi connectivity index (χ0n) is 11.5. The van der Waals surface area contributed by atoms with Crippen LogP contribution < -0.4 is 5.32 Å². The third kappa shape index (κ3) is 2.65. The van der Waals surface area contributed by atoms with Gasteiger partial charge in [0.1, 0.15) is 0 Å². The molecule has 1 unspecified atom stereocenters. The summed E-state index contributed by atoms with van der Waals surface area (Å²) in [6, 6.07) is 11.0. The molecule has 2 rings (SSSR count). The van der Waals surface area contributed by atoms with Gasteiger partial charge in [-0.25, -0.2) is 0 Å². The van der Waals surface area contributed by atoms with Crippen LogP contribution in [0, 0.1) is 0 Å². The minimum atomic E-state index is 0.192. The van der Waals surface area contributed by atoms with Crippen molar-refractivity contribution in [3.63, 3.8) is 0 Å². The van der Waals surface area contributed by atoms with Gasteiger partial charge in [-0.3, -0.25) is 0 Å². The molecule has 2 heteroatoms. The van der Waals surface area contributed by atoms with E-state index in [1.54, 1.807) is 12.5 Å². The molecule has 0 spiro atoms. The van der Waals surface area contributed by atoms with Crippen molar-refractivity contribution in [3.8, 4) is 0 Å². The molecule has 1 aromatic carbocycles. The summed E-state index contributed by atoms with van der Waals surface area (Å²) < 4.78 is 5.16. The molecule has 0 bridgehead atoms. The molecule has 0 amide bonds. The summed E-state index contributed by atoms with van der Waals surface area (Å²) in [4.78, 5) is 0. The molecular weight excluding hydrogens is 222 g/mol. The summed E-state index contributed by atoms with van der Waals surface area (Å²) in [5, 5.41) is 3.32. The zero-order valence-corrected chi connectivity index (χ0v) is 11.5. The van der Waals surface area contributed by atoms with Crippen LogP contribution in [0.25, 0.3) is 0 Å². The second-order valence-electron chi connectivity index (χ2n) is 5.65. The first-order chi connectivity index (χ1) is 8.52. The van der Waals surface area contributed by atoms with E-state index in [1.807, 2.05) is 13.1 Å². The van der Waals surface area contributed by atoms with E-state index in [2.05, 4.69) is 50.4 Å². The van der Waals surface area contributed by atoms with Gasteiger partial charge in [0.05, 0.1) is 18.6 Å². The maximum absolute atomic E-state index is 5.16. The highest BCUT2D eigenvalue weighted by atomic mass is 16.3. The lowest BCUT2D eigenvalue weighted by Crippen LogP contribution is -2.17. The molecule has 0 saturated heterocycles. The van der Waals surface area contributed by atoms with Crippen LogP contribution in [0.4, 0.5) is 0 Å². The Balaban J connectivity index is 2.28. The maximum Gasteiger partial charge on any atom is 0.0953 e. The molecular formula is C16H21NO. The van der Waals surface area contributed by atoms with Crippen LogP contribution in [0.15, 0.2) is 47.3 Å². The van der Waals surface area contributed by atoms with Crippen LogP contribution in [0.1, 0.15) is 43.5 Å². The Bertz CT molecular complexity index is 477. The molecule has 0 aliphatic rings. The molecule has 1 N–H and O–H groups in total. The van der Waals surface area contributed by atoms with Crippen molar-refractivity contribution in [2.45, 2.75) is 32.2 Å². The van der Waals surface area contributed by atoms with Crippen LogP contribution in [0.2, 0.25) is 0 Å². The van der Waals surface area contributed by atoms with Gasteiger partial charge in [0, 0.05) is 5.56 Å². The quantitative estimate of drug-likeness (QED) is 0.884. The van der Waals surface area contributed by atoms with E-state index in [-0.39, 0.29) is 11.5 Å². The molecule has 1 heterocycles. The standard InChI is InChI=1S/C16H21NO/c1-16(2,3)14-7-5-12(6-8-14)15(17-4)13-9-10-18-11-13/h5-11,15,17H,1-4H3. The Kier molecular flexibility index (Phi) is 3.58. The lowest BCUT2D eigenvalue weighted by molar-refractivity contribution is 0.557. The van der Waals surface area contributed by atoms with Crippen LogP contribution >= 0.6 is 0 Å². The SMILES string of the molecule is CNC(c1ccc(C(C)(C)C)cc1)c1ccoc1. The third-order valence-corrected chi connectivity index (χ3v) is 3.28. The fourth-order valence-corrected chi connectivity index (χ4v) is 2.14. The molecule has 18 heavy (non-hydrogen) atoms. The van der Waals surface area contributed by atoms with E-state index in [4.69, 9.17) is 4.42 Å². The molecule has 0 aliphatic heterocycles. The Morgan fingerprint density at radius 1 is 1.00 bits per heavy atom. The van der Waals surface area contributed by atoms with E-state index >= 15 is 0 Å². The third-order valence-electron chi connectivity index (χ3n) is 3.28. The first kappa shape index (κ1) is 12.9. The fourth-order valence-electron chi connectivity index (χ4n) is 2.14.